The first kappa shape index (κ1) is 30.5. The molecule has 0 saturated carbocycles. The molecule has 0 bridgehead atoms. The van der Waals surface area contributed by atoms with Crippen LogP contribution in [-0.2, 0) is 24.3 Å². The van der Waals surface area contributed by atoms with Gasteiger partial charge in [-0.1, -0.05) is 59.6 Å². The fourth-order valence-electron chi connectivity index (χ4n) is 6.09. The molecule has 10 heteroatoms. The molecule has 2 aliphatic rings. The lowest BCUT2D eigenvalue weighted by Crippen LogP contribution is -2.50. The number of halogens is 2. The monoisotopic (exact) mass is 632 g/mol. The van der Waals surface area contributed by atoms with E-state index in [9.17, 15) is 9.90 Å². The van der Waals surface area contributed by atoms with Gasteiger partial charge in [0.2, 0.25) is 5.88 Å². The molecule has 0 spiro atoms. The molecule has 3 aromatic carbocycles. The summed E-state index contributed by atoms with van der Waals surface area (Å²) in [5.74, 6) is 1.40. The maximum Gasteiger partial charge on any atom is 0.237 e. The third-order valence-electron chi connectivity index (χ3n) is 8.23. The number of β-amino-alcohol motifs (C(OH)–C–C–N with tert-alkyl or cyclic N) is 1. The minimum Gasteiger partial charge on any atom is -0.496 e. The van der Waals surface area contributed by atoms with Crippen molar-refractivity contribution in [2.45, 2.75) is 32.5 Å². The Morgan fingerprint density at radius 3 is 2.32 bits per heavy atom. The van der Waals surface area contributed by atoms with E-state index in [4.69, 9.17) is 37.7 Å². The Morgan fingerprint density at radius 2 is 1.66 bits per heavy atom. The van der Waals surface area contributed by atoms with Gasteiger partial charge in [0.1, 0.15) is 17.2 Å². The zero-order valence-corrected chi connectivity index (χ0v) is 26.5. The molecule has 0 aliphatic carbocycles. The molecule has 2 aliphatic heterocycles. The summed E-state index contributed by atoms with van der Waals surface area (Å²) in [4.78, 5) is 25.4. The zero-order chi connectivity index (χ0) is 31.0. The topological polar surface area (TPSA) is 88.0 Å². The van der Waals surface area contributed by atoms with Crippen LogP contribution < -0.4 is 9.47 Å². The maximum atomic E-state index is 11.8. The van der Waals surface area contributed by atoms with Crippen molar-refractivity contribution in [3.8, 4) is 45.1 Å². The van der Waals surface area contributed by atoms with Gasteiger partial charge in [-0.3, -0.25) is 19.6 Å². The van der Waals surface area contributed by atoms with Crippen molar-refractivity contribution in [2.75, 3.05) is 40.4 Å². The minimum absolute atomic E-state index is 0.152. The summed E-state index contributed by atoms with van der Waals surface area (Å²) in [6.45, 7) is 5.30. The van der Waals surface area contributed by atoms with Crippen molar-refractivity contribution in [1.82, 2.24) is 19.8 Å². The molecular weight excluding hydrogens is 599 g/mol. The number of methoxy groups -OCH3 is 2. The molecule has 0 unspecified atom stereocenters. The van der Waals surface area contributed by atoms with Crippen molar-refractivity contribution < 1.29 is 19.4 Å². The standard InChI is InChI=1S/C34H34Cl2N4O4/c1-20(41)15-39-11-10-24-22(16-39)12-21(13-31(24)43-2)25-6-4-7-26(32(25)35)27-8-5-9-28(33(27)36)29-14-37-30(34(38-29)44-3)19-40-17-23(42)18-40/h4-9,12-14,23,42H,10-11,15-19H2,1-3H3. The van der Waals surface area contributed by atoms with E-state index in [1.165, 1.54) is 5.56 Å². The number of carbonyl (C=O) groups excluding carboxylic acids is 1. The van der Waals surface area contributed by atoms with Crippen LogP contribution in [0, 0.1) is 0 Å². The molecule has 1 fully saturated rings. The normalized spacial score (nSPS) is 15.5. The van der Waals surface area contributed by atoms with Gasteiger partial charge in [-0.2, -0.15) is 0 Å². The van der Waals surface area contributed by atoms with Crippen LogP contribution >= 0.6 is 23.2 Å². The molecule has 1 saturated heterocycles. The van der Waals surface area contributed by atoms with Gasteiger partial charge in [0.05, 0.1) is 48.8 Å². The number of ether oxygens (including phenoxy) is 2. The molecule has 1 N–H and O–H groups in total. The first-order chi connectivity index (χ1) is 21.2. The van der Waals surface area contributed by atoms with Crippen LogP contribution in [0.5, 0.6) is 11.6 Å². The van der Waals surface area contributed by atoms with E-state index >= 15 is 0 Å². The third kappa shape index (κ3) is 6.05. The number of hydrogen-bond acceptors (Lipinski definition) is 8. The Labute approximate surface area is 267 Å². The molecule has 6 rings (SSSR count). The number of rotatable bonds is 9. The van der Waals surface area contributed by atoms with Crippen LogP contribution in [0.3, 0.4) is 0 Å². The van der Waals surface area contributed by atoms with Gasteiger partial charge in [-0.15, -0.1) is 0 Å². The Bertz CT molecular complexity index is 1720. The van der Waals surface area contributed by atoms with E-state index in [2.05, 4.69) is 20.9 Å². The van der Waals surface area contributed by atoms with Gasteiger partial charge in [0, 0.05) is 55.0 Å². The van der Waals surface area contributed by atoms with Crippen LogP contribution in [0.1, 0.15) is 23.7 Å². The molecule has 44 heavy (non-hydrogen) atoms. The molecule has 0 radical (unpaired) electrons. The van der Waals surface area contributed by atoms with Crippen molar-refractivity contribution in [1.29, 1.82) is 0 Å². The van der Waals surface area contributed by atoms with Gasteiger partial charge >= 0.3 is 0 Å². The smallest absolute Gasteiger partial charge is 0.237 e. The number of likely N-dealkylation sites (tertiary alicyclic amines) is 1. The maximum absolute atomic E-state index is 11.8. The number of hydrogen-bond donors (Lipinski definition) is 1. The van der Waals surface area contributed by atoms with Crippen molar-refractivity contribution >= 4 is 29.0 Å². The van der Waals surface area contributed by atoms with Gasteiger partial charge in [-0.05, 0) is 42.2 Å². The highest BCUT2D eigenvalue weighted by atomic mass is 35.5. The second kappa shape index (κ2) is 12.8. The summed E-state index contributed by atoms with van der Waals surface area (Å²) in [5.41, 5.74) is 7.66. The summed E-state index contributed by atoms with van der Waals surface area (Å²) in [6.07, 6.45) is 2.22. The van der Waals surface area contributed by atoms with E-state index in [1.807, 2.05) is 42.5 Å². The molecule has 1 aromatic heterocycles. The number of benzene rings is 3. The van der Waals surface area contributed by atoms with Gasteiger partial charge in [0.25, 0.3) is 0 Å². The Hall–Kier alpha value is -3.53. The summed E-state index contributed by atoms with van der Waals surface area (Å²) < 4.78 is 11.4. The lowest BCUT2D eigenvalue weighted by Gasteiger charge is -2.35. The Morgan fingerprint density at radius 1 is 0.977 bits per heavy atom. The number of fused-ring (bicyclic) bond motifs is 1. The second-order valence-corrected chi connectivity index (χ2v) is 12.1. The molecule has 228 valence electrons. The first-order valence-electron chi connectivity index (χ1n) is 14.6. The van der Waals surface area contributed by atoms with E-state index in [-0.39, 0.29) is 11.9 Å². The second-order valence-electron chi connectivity index (χ2n) is 11.4. The number of nitrogens with zero attached hydrogens (tertiary/aromatic N) is 4. The van der Waals surface area contributed by atoms with E-state index in [1.54, 1.807) is 27.3 Å². The van der Waals surface area contributed by atoms with E-state index < -0.39 is 0 Å². The number of Topliss-reactive ketones (excluding diaryl/α,β-unsaturated/α-hetero) is 1. The van der Waals surface area contributed by atoms with Crippen LogP contribution in [0.15, 0.2) is 54.7 Å². The first-order valence-corrected chi connectivity index (χ1v) is 15.3. The number of aromatic nitrogens is 2. The average molecular weight is 634 g/mol. The Balaban J connectivity index is 1.35. The number of aliphatic hydroxyl groups is 1. The lowest BCUT2D eigenvalue weighted by atomic mass is 9.92. The largest absolute Gasteiger partial charge is 0.496 e. The van der Waals surface area contributed by atoms with E-state index in [0.29, 0.717) is 65.6 Å². The van der Waals surface area contributed by atoms with Crippen molar-refractivity contribution in [3.63, 3.8) is 0 Å². The number of carbonyl (C=O) groups is 1. The predicted octanol–water partition coefficient (Wildman–Crippen LogP) is 5.93. The lowest BCUT2D eigenvalue weighted by molar-refractivity contribution is -0.118. The molecule has 4 aromatic rings. The summed E-state index contributed by atoms with van der Waals surface area (Å²) in [5, 5.41) is 10.7. The quantitative estimate of drug-likeness (QED) is 0.243. The summed E-state index contributed by atoms with van der Waals surface area (Å²) >= 11 is 14.2. The number of ketones is 1. The highest BCUT2D eigenvalue weighted by Crippen LogP contribution is 2.44. The summed E-state index contributed by atoms with van der Waals surface area (Å²) in [6, 6.07) is 15.9. The molecule has 3 heterocycles. The average Bonchev–Trinajstić information content (AvgIpc) is 3.00. The fraction of sp³-hybridized carbons (Fsp3) is 0.324. The fourth-order valence-corrected chi connectivity index (χ4v) is 6.75. The van der Waals surface area contributed by atoms with Crippen LogP contribution in [0.2, 0.25) is 10.0 Å². The van der Waals surface area contributed by atoms with Crippen LogP contribution in [0.25, 0.3) is 33.5 Å². The zero-order valence-electron chi connectivity index (χ0n) is 24.9. The molecule has 0 amide bonds. The molecular formula is C34H34Cl2N4O4. The SMILES string of the molecule is COc1cc(-c2cccc(-c3cccc(-c4cnc(CN5CC(O)C5)c(OC)n4)c3Cl)c2Cl)cc2c1CCN(CC(C)=O)C2. The highest BCUT2D eigenvalue weighted by Gasteiger charge is 2.27. The van der Waals surface area contributed by atoms with Gasteiger partial charge in [0.15, 0.2) is 0 Å². The van der Waals surface area contributed by atoms with Crippen molar-refractivity contribution in [2.24, 2.45) is 0 Å². The van der Waals surface area contributed by atoms with Gasteiger partial charge in [-0.25, -0.2) is 4.98 Å². The summed E-state index contributed by atoms with van der Waals surface area (Å²) in [7, 11) is 3.26. The number of aliphatic hydroxyl groups excluding tert-OH is 1. The van der Waals surface area contributed by atoms with Crippen LogP contribution in [0.4, 0.5) is 0 Å². The van der Waals surface area contributed by atoms with E-state index in [0.717, 1.165) is 46.5 Å². The third-order valence-corrected chi connectivity index (χ3v) is 9.04. The van der Waals surface area contributed by atoms with Gasteiger partial charge < -0.3 is 14.6 Å². The minimum atomic E-state index is -0.294. The Kier molecular flexibility index (Phi) is 8.89. The van der Waals surface area contributed by atoms with Crippen LogP contribution in [-0.4, -0.2) is 77.2 Å². The molecule has 0 atom stereocenters. The van der Waals surface area contributed by atoms with Crippen molar-refractivity contribution in [3.05, 3.63) is 81.6 Å². The molecule has 8 nitrogen and oxygen atoms in total. The predicted molar refractivity (Wildman–Crippen MR) is 172 cm³/mol. The highest BCUT2D eigenvalue weighted by molar-refractivity contribution is 6.39.